The molecule has 8 nitrogen and oxygen atoms in total. The summed E-state index contributed by atoms with van der Waals surface area (Å²) < 4.78 is 51.9. The SMILES string of the molecule is CCCc1nc(OC)c(-c2nccc(OCc3ccc(-c4nc(C(F)(F)F)cn4C)cc3)n2)c(C2CC2)n1. The highest BCUT2D eigenvalue weighted by Gasteiger charge is 2.35. The van der Waals surface area contributed by atoms with E-state index in [1.165, 1.54) is 11.6 Å². The van der Waals surface area contributed by atoms with Crippen LogP contribution in [0.3, 0.4) is 0 Å². The fourth-order valence-corrected chi connectivity index (χ4v) is 4.17. The molecule has 3 heterocycles. The van der Waals surface area contributed by atoms with Crippen LogP contribution < -0.4 is 9.47 Å². The van der Waals surface area contributed by atoms with E-state index in [9.17, 15) is 13.2 Å². The Balaban J connectivity index is 1.34. The fourth-order valence-electron chi connectivity index (χ4n) is 4.17. The predicted octanol–water partition coefficient (Wildman–Crippen LogP) is 5.77. The molecule has 198 valence electrons. The van der Waals surface area contributed by atoms with E-state index < -0.39 is 11.9 Å². The monoisotopic (exact) mass is 524 g/mol. The fraction of sp³-hybridized carbons (Fsp3) is 0.370. The second-order valence-corrected chi connectivity index (χ2v) is 9.20. The van der Waals surface area contributed by atoms with Crippen LogP contribution in [0.15, 0.2) is 42.7 Å². The van der Waals surface area contributed by atoms with Crippen LogP contribution in [0.1, 0.15) is 54.9 Å². The quantitative estimate of drug-likeness (QED) is 0.275. The molecule has 1 aliphatic carbocycles. The maximum Gasteiger partial charge on any atom is 0.434 e. The molecule has 0 aliphatic heterocycles. The molecule has 1 fully saturated rings. The maximum atomic E-state index is 13.0. The van der Waals surface area contributed by atoms with Gasteiger partial charge < -0.3 is 14.0 Å². The second-order valence-electron chi connectivity index (χ2n) is 9.20. The minimum Gasteiger partial charge on any atom is -0.480 e. The lowest BCUT2D eigenvalue weighted by Gasteiger charge is -2.14. The summed E-state index contributed by atoms with van der Waals surface area (Å²) in [6.07, 6.45) is 1.92. The summed E-state index contributed by atoms with van der Waals surface area (Å²) in [7, 11) is 3.12. The van der Waals surface area contributed by atoms with Crippen LogP contribution in [0, 0.1) is 0 Å². The number of benzene rings is 1. The van der Waals surface area contributed by atoms with Gasteiger partial charge in [-0.3, -0.25) is 0 Å². The van der Waals surface area contributed by atoms with Crippen LogP contribution in [0.5, 0.6) is 11.8 Å². The number of rotatable bonds is 9. The smallest absolute Gasteiger partial charge is 0.434 e. The van der Waals surface area contributed by atoms with Crippen molar-refractivity contribution in [2.75, 3.05) is 7.11 Å². The predicted molar refractivity (Wildman–Crippen MR) is 134 cm³/mol. The van der Waals surface area contributed by atoms with Crippen LogP contribution in [0.25, 0.3) is 22.8 Å². The Morgan fingerprint density at radius 3 is 2.42 bits per heavy atom. The Bertz CT molecular complexity index is 1430. The molecule has 0 spiro atoms. The first-order chi connectivity index (χ1) is 18.3. The molecule has 0 saturated heterocycles. The van der Waals surface area contributed by atoms with Gasteiger partial charge in [0.15, 0.2) is 11.5 Å². The molecule has 0 bridgehead atoms. The van der Waals surface area contributed by atoms with Crippen molar-refractivity contribution in [3.05, 3.63) is 65.5 Å². The van der Waals surface area contributed by atoms with Crippen LogP contribution in [-0.2, 0) is 26.3 Å². The van der Waals surface area contributed by atoms with E-state index in [1.807, 2.05) is 0 Å². The number of aryl methyl sites for hydroxylation is 2. The summed E-state index contributed by atoms with van der Waals surface area (Å²) >= 11 is 0. The minimum absolute atomic E-state index is 0.212. The second kappa shape index (κ2) is 10.4. The van der Waals surface area contributed by atoms with Crippen molar-refractivity contribution < 1.29 is 22.6 Å². The summed E-state index contributed by atoms with van der Waals surface area (Å²) in [4.78, 5) is 22.2. The first-order valence-corrected chi connectivity index (χ1v) is 12.4. The normalized spacial score (nSPS) is 13.5. The van der Waals surface area contributed by atoms with Gasteiger partial charge in [0.05, 0.1) is 12.8 Å². The number of imidazole rings is 1. The Hall–Kier alpha value is -4.02. The highest BCUT2D eigenvalue weighted by molar-refractivity contribution is 5.66. The molecule has 38 heavy (non-hydrogen) atoms. The summed E-state index contributed by atoms with van der Waals surface area (Å²) in [5.74, 6) is 2.61. The lowest BCUT2D eigenvalue weighted by Crippen LogP contribution is -2.07. The molecule has 3 aromatic heterocycles. The number of nitrogens with zero attached hydrogens (tertiary/aromatic N) is 6. The maximum absolute atomic E-state index is 13.0. The van der Waals surface area contributed by atoms with Gasteiger partial charge in [0.1, 0.15) is 23.8 Å². The molecule has 0 atom stereocenters. The largest absolute Gasteiger partial charge is 0.480 e. The molecule has 4 aromatic rings. The standard InChI is InChI=1S/C27H27F3N6O2/c1-4-5-20-33-23(17-10-11-17)22(26(34-20)37-3)24-31-13-12-21(35-24)38-15-16-6-8-18(9-7-16)25-32-19(14-36(25)2)27(28,29)30/h6-9,12-14,17H,4-5,10-11,15H2,1-3H3. The zero-order valence-corrected chi connectivity index (χ0v) is 21.3. The van der Waals surface area contributed by atoms with Gasteiger partial charge >= 0.3 is 6.18 Å². The van der Waals surface area contributed by atoms with Gasteiger partial charge in [0.25, 0.3) is 0 Å². The summed E-state index contributed by atoms with van der Waals surface area (Å²) in [6, 6.07) is 8.67. The van der Waals surface area contributed by atoms with Crippen molar-refractivity contribution in [3.63, 3.8) is 0 Å². The first-order valence-electron chi connectivity index (χ1n) is 12.4. The van der Waals surface area contributed by atoms with Crippen LogP contribution in [0.4, 0.5) is 13.2 Å². The Morgan fingerprint density at radius 1 is 1.03 bits per heavy atom. The molecule has 11 heteroatoms. The summed E-state index contributed by atoms with van der Waals surface area (Å²) in [5, 5.41) is 0. The summed E-state index contributed by atoms with van der Waals surface area (Å²) in [5.41, 5.74) is 2.08. The number of hydrogen-bond donors (Lipinski definition) is 0. The molecule has 1 aromatic carbocycles. The molecule has 0 radical (unpaired) electrons. The number of halogens is 3. The average molecular weight is 525 g/mol. The lowest BCUT2D eigenvalue weighted by molar-refractivity contribution is -0.140. The number of methoxy groups -OCH3 is 1. The van der Waals surface area contributed by atoms with Crippen LogP contribution >= 0.6 is 0 Å². The van der Waals surface area contributed by atoms with Crippen LogP contribution in [-0.4, -0.2) is 36.6 Å². The molecule has 0 unspecified atom stereocenters. The molecular formula is C27H27F3N6O2. The third kappa shape index (κ3) is 5.46. The zero-order valence-electron chi connectivity index (χ0n) is 21.3. The number of ether oxygens (including phenoxy) is 2. The van der Waals surface area contributed by atoms with E-state index >= 15 is 0 Å². The van der Waals surface area contributed by atoms with Crippen molar-refractivity contribution in [3.8, 4) is 34.5 Å². The highest BCUT2D eigenvalue weighted by atomic mass is 19.4. The van der Waals surface area contributed by atoms with Gasteiger partial charge in [0, 0.05) is 43.4 Å². The van der Waals surface area contributed by atoms with Gasteiger partial charge in [-0.1, -0.05) is 31.2 Å². The molecule has 0 amide bonds. The number of aromatic nitrogens is 6. The molecule has 1 saturated carbocycles. The zero-order chi connectivity index (χ0) is 26.9. The highest BCUT2D eigenvalue weighted by Crippen LogP contribution is 2.45. The molecule has 5 rings (SSSR count). The van der Waals surface area contributed by atoms with E-state index in [-0.39, 0.29) is 12.4 Å². The Labute approximate surface area is 217 Å². The van der Waals surface area contributed by atoms with Gasteiger partial charge in [-0.05, 0) is 24.8 Å². The van der Waals surface area contributed by atoms with Crippen molar-refractivity contribution in [1.82, 2.24) is 29.5 Å². The van der Waals surface area contributed by atoms with E-state index in [4.69, 9.17) is 14.5 Å². The third-order valence-corrected chi connectivity index (χ3v) is 6.20. The van der Waals surface area contributed by atoms with E-state index in [2.05, 4.69) is 26.9 Å². The Morgan fingerprint density at radius 2 is 1.79 bits per heavy atom. The van der Waals surface area contributed by atoms with Gasteiger partial charge in [0.2, 0.25) is 11.8 Å². The van der Waals surface area contributed by atoms with Crippen LogP contribution in [0.2, 0.25) is 0 Å². The Kier molecular flexibility index (Phi) is 7.00. The first kappa shape index (κ1) is 25.6. The van der Waals surface area contributed by atoms with Gasteiger partial charge in [-0.25, -0.2) is 15.0 Å². The van der Waals surface area contributed by atoms with E-state index in [0.29, 0.717) is 34.6 Å². The lowest BCUT2D eigenvalue weighted by atomic mass is 10.1. The molecule has 1 aliphatic rings. The topological polar surface area (TPSA) is 87.8 Å². The number of alkyl halides is 3. The van der Waals surface area contributed by atoms with E-state index in [1.54, 1.807) is 43.6 Å². The van der Waals surface area contributed by atoms with Crippen molar-refractivity contribution in [2.45, 2.75) is 51.3 Å². The van der Waals surface area contributed by atoms with Gasteiger partial charge in [-0.15, -0.1) is 0 Å². The van der Waals surface area contributed by atoms with Crippen molar-refractivity contribution in [2.24, 2.45) is 7.05 Å². The van der Waals surface area contributed by atoms with Crippen molar-refractivity contribution in [1.29, 1.82) is 0 Å². The third-order valence-electron chi connectivity index (χ3n) is 6.20. The van der Waals surface area contributed by atoms with E-state index in [0.717, 1.165) is 49.0 Å². The summed E-state index contributed by atoms with van der Waals surface area (Å²) in [6.45, 7) is 2.30. The minimum atomic E-state index is -4.49. The molecule has 0 N–H and O–H groups in total. The molecular weight excluding hydrogens is 497 g/mol. The van der Waals surface area contributed by atoms with Crippen molar-refractivity contribution >= 4 is 0 Å². The van der Waals surface area contributed by atoms with Gasteiger partial charge in [-0.2, -0.15) is 23.1 Å². The number of hydrogen-bond acceptors (Lipinski definition) is 7. The average Bonchev–Trinajstić information content (AvgIpc) is 3.68.